The molecule has 4 aromatic rings. The summed E-state index contributed by atoms with van der Waals surface area (Å²) in [5.41, 5.74) is -0.645. The van der Waals surface area contributed by atoms with Gasteiger partial charge in [-0.05, 0) is 110 Å². The van der Waals surface area contributed by atoms with Crippen LogP contribution in [0.2, 0.25) is 0 Å². The molecule has 0 amide bonds. The van der Waals surface area contributed by atoms with Crippen molar-refractivity contribution in [3.8, 4) is 0 Å². The molecule has 3 atom stereocenters. The Morgan fingerprint density at radius 2 is 1.13 bits per heavy atom. The number of aliphatic carboxylic acids is 1. The molecule has 7 N–H and O–H groups in total. The number of hydrogen-bond donors (Lipinski definition) is 7. The number of methoxy groups -OCH3 is 1. The zero-order valence-electron chi connectivity index (χ0n) is 40.5. The van der Waals surface area contributed by atoms with Crippen LogP contribution < -0.4 is 9.80 Å². The van der Waals surface area contributed by atoms with Gasteiger partial charge in [0, 0.05) is 71.9 Å². The van der Waals surface area contributed by atoms with E-state index in [0.29, 0.717) is 48.3 Å². The van der Waals surface area contributed by atoms with Gasteiger partial charge in [-0.3, -0.25) is 32.1 Å². The third-order valence-corrected chi connectivity index (χ3v) is 18.6. The van der Waals surface area contributed by atoms with E-state index in [0.717, 1.165) is 12.1 Å². The van der Waals surface area contributed by atoms with Gasteiger partial charge in [-0.2, -0.15) is 50.5 Å². The minimum atomic E-state index is -5.19. The Morgan fingerprint density at radius 1 is 0.600 bits per heavy atom. The fourth-order valence-corrected chi connectivity index (χ4v) is 14.0. The highest BCUT2D eigenvalue weighted by Crippen LogP contribution is 2.55. The van der Waals surface area contributed by atoms with E-state index in [2.05, 4.69) is 0 Å². The maximum atomic E-state index is 12.7. The van der Waals surface area contributed by atoms with E-state index in [9.17, 15) is 87.7 Å². The smallest absolute Gasteiger partial charge is 0.303 e. The number of carboxylic acid groups (broad SMARTS) is 1. The Morgan fingerprint density at radius 3 is 1.64 bits per heavy atom. The lowest BCUT2D eigenvalue weighted by molar-refractivity contribution is -0.137. The van der Waals surface area contributed by atoms with Gasteiger partial charge in [0.25, 0.3) is 60.7 Å². The molecule has 0 aromatic heterocycles. The molecular formula is C46H56N2O21S6. The normalized spacial score (nSPS) is 20.3. The van der Waals surface area contributed by atoms with Crippen LogP contribution in [-0.2, 0) is 81.1 Å². The zero-order valence-corrected chi connectivity index (χ0v) is 45.4. The molecule has 0 saturated carbocycles. The number of unbranched alkanes of at least 4 members (excludes halogenated alkanes) is 2. The van der Waals surface area contributed by atoms with Crippen LogP contribution in [0.5, 0.6) is 0 Å². The number of benzene rings is 4. The van der Waals surface area contributed by atoms with Crippen LogP contribution in [0.3, 0.4) is 0 Å². The van der Waals surface area contributed by atoms with Crippen LogP contribution in [0.15, 0.2) is 104 Å². The first-order valence-electron chi connectivity index (χ1n) is 22.9. The van der Waals surface area contributed by atoms with Crippen molar-refractivity contribution < 1.29 is 92.5 Å². The average molecular weight is 1170 g/mol. The molecule has 0 saturated heterocycles. The molecule has 4 aromatic carbocycles. The number of rotatable bonds is 24. The van der Waals surface area contributed by atoms with Gasteiger partial charge in [0.1, 0.15) is 9.79 Å². The third kappa shape index (κ3) is 13.3. The number of carboxylic acids is 1. The van der Waals surface area contributed by atoms with E-state index in [1.807, 2.05) is 4.90 Å². The molecule has 0 fully saturated rings. The quantitative estimate of drug-likeness (QED) is 0.0246. The van der Waals surface area contributed by atoms with Crippen LogP contribution in [0.25, 0.3) is 21.5 Å². The summed E-state index contributed by atoms with van der Waals surface area (Å²) in [6, 6.07) is 7.99. The molecule has 412 valence electrons. The molecule has 0 bridgehead atoms. The number of carbonyl (C=O) groups is 1. The summed E-state index contributed by atoms with van der Waals surface area (Å²) in [6.45, 7) is 3.64. The van der Waals surface area contributed by atoms with Gasteiger partial charge in [0.05, 0.1) is 27.3 Å². The van der Waals surface area contributed by atoms with Crippen molar-refractivity contribution in [3.63, 3.8) is 0 Å². The Hall–Kier alpha value is -4.89. The second kappa shape index (κ2) is 21.9. The summed E-state index contributed by atoms with van der Waals surface area (Å²) < 4.78 is 215. The van der Waals surface area contributed by atoms with Gasteiger partial charge in [-0.15, -0.1) is 0 Å². The first-order valence-corrected chi connectivity index (χ1v) is 31.8. The molecular weight excluding hydrogens is 1110 g/mol. The van der Waals surface area contributed by atoms with Crippen molar-refractivity contribution in [3.05, 3.63) is 95.7 Å². The van der Waals surface area contributed by atoms with Gasteiger partial charge >= 0.3 is 5.97 Å². The van der Waals surface area contributed by atoms with Gasteiger partial charge < -0.3 is 19.6 Å². The second-order valence-corrected chi connectivity index (χ2v) is 27.5. The fraction of sp³-hybridized carbons (Fsp3) is 0.413. The topological polar surface area (TPSA) is 379 Å². The van der Waals surface area contributed by atoms with Crippen LogP contribution >= 0.6 is 0 Å². The van der Waals surface area contributed by atoms with Gasteiger partial charge in [-0.25, -0.2) is 0 Å². The molecule has 0 aliphatic carbocycles. The van der Waals surface area contributed by atoms with E-state index in [-0.39, 0.29) is 84.6 Å². The predicted molar refractivity (Wildman–Crippen MR) is 276 cm³/mol. The predicted octanol–water partition coefficient (Wildman–Crippen LogP) is 5.83. The Labute approximate surface area is 435 Å². The van der Waals surface area contributed by atoms with Crippen molar-refractivity contribution >= 4 is 99.6 Å². The molecule has 0 radical (unpaired) electrons. The maximum Gasteiger partial charge on any atom is 0.303 e. The minimum Gasteiger partial charge on any atom is -0.481 e. The van der Waals surface area contributed by atoms with E-state index in [1.54, 1.807) is 55.2 Å². The molecule has 2 aliphatic heterocycles. The molecule has 6 rings (SSSR count). The minimum absolute atomic E-state index is 0.0557. The molecule has 23 nitrogen and oxygen atoms in total. The lowest BCUT2D eigenvalue weighted by Crippen LogP contribution is -2.43. The molecule has 29 heteroatoms. The first kappa shape index (κ1) is 59.4. The number of ether oxygens (including phenoxy) is 1. The molecule has 2 aliphatic rings. The third-order valence-electron chi connectivity index (χ3n) is 13.6. The summed E-state index contributed by atoms with van der Waals surface area (Å²) in [5.74, 6) is -2.47. The molecule has 3 unspecified atom stereocenters. The largest absolute Gasteiger partial charge is 0.481 e. The summed E-state index contributed by atoms with van der Waals surface area (Å²) >= 11 is 0. The summed E-state index contributed by atoms with van der Waals surface area (Å²) in [7, 11) is -28.1. The number of anilines is 2. The van der Waals surface area contributed by atoms with Gasteiger partial charge in [0.2, 0.25) is 0 Å². The number of hydrogen-bond acceptors (Lipinski definition) is 16. The van der Waals surface area contributed by atoms with Crippen molar-refractivity contribution in [1.82, 2.24) is 0 Å². The highest BCUT2D eigenvalue weighted by molar-refractivity contribution is 7.87. The lowest BCUT2D eigenvalue weighted by Gasteiger charge is -2.35. The summed E-state index contributed by atoms with van der Waals surface area (Å²) in [6.07, 6.45) is 8.84. The zero-order chi connectivity index (χ0) is 55.9. The highest BCUT2D eigenvalue weighted by atomic mass is 32.2. The molecule has 2 heterocycles. The van der Waals surface area contributed by atoms with Crippen LogP contribution in [0, 0.1) is 0 Å². The van der Waals surface area contributed by atoms with Gasteiger partial charge in [-0.1, -0.05) is 49.8 Å². The first-order chi connectivity index (χ1) is 34.5. The fourth-order valence-electron chi connectivity index (χ4n) is 10.4. The summed E-state index contributed by atoms with van der Waals surface area (Å²) in [5, 5.41) is 8.95. The van der Waals surface area contributed by atoms with Crippen molar-refractivity contribution in [1.29, 1.82) is 0 Å². The highest BCUT2D eigenvalue weighted by Gasteiger charge is 2.48. The van der Waals surface area contributed by atoms with Crippen molar-refractivity contribution in [2.24, 2.45) is 0 Å². The maximum absolute atomic E-state index is 12.7. The molecule has 75 heavy (non-hydrogen) atoms. The van der Waals surface area contributed by atoms with Crippen molar-refractivity contribution in [2.75, 3.05) is 48.1 Å². The van der Waals surface area contributed by atoms with E-state index >= 15 is 0 Å². The van der Waals surface area contributed by atoms with E-state index < -0.39 is 115 Å². The molecule has 0 spiro atoms. The lowest BCUT2D eigenvalue weighted by atomic mass is 9.73. The Balaban J connectivity index is 1.56. The van der Waals surface area contributed by atoms with Gasteiger partial charge in [0.15, 0.2) is 0 Å². The monoisotopic (exact) mass is 1160 g/mol. The number of nitrogens with zero attached hydrogens (tertiary/aromatic N) is 2. The number of fused-ring (bicyclic) bond motifs is 6. The van der Waals surface area contributed by atoms with E-state index in [4.69, 9.17) is 4.74 Å². The second-order valence-electron chi connectivity index (χ2n) is 18.7. The standard InChI is InChI=1S/C46H56N2O21S6/c1-45(19-10-24-70(51,52)53)40(48(22-11-25-71(54,55)56)36-17-15-32-34(43(36)45)26-30(72(57,58)59)28-38(32)74(63,64)65)12-6-4-7-13-41-46(2,20-23-69-3)44-35-27-31(73(60,61)62)29-39(75(66,67)68)33(35)16-18-37(44)47(41)21-9-5-8-14-42(49)50/h4,6-7,12-13,15-18,26-29,40H,5,8-11,14,19-25H2,1-3H3,(H,49,50)(H,51,52,53)(H,54,55,56)(H,57,58,59)(H,60,61,62)(H,63,64,65)(H,66,67,68). The Bertz CT molecular complexity index is 3730. The van der Waals surface area contributed by atoms with Crippen LogP contribution in [-0.4, -0.2) is 133 Å². The van der Waals surface area contributed by atoms with Crippen molar-refractivity contribution in [2.45, 2.75) is 102 Å². The number of allylic oxidation sites excluding steroid dienone is 5. The Kier molecular flexibility index (Phi) is 17.3. The SMILES string of the molecule is COCCC1(C)C(=CC=CC=CC2N(CCCS(=O)(=O)O)c3ccc4c(S(=O)(=O)O)cc(S(=O)(=O)O)cc4c3C2(C)CCCS(=O)(=O)O)N(CCCCCC(=O)O)c2ccc3c(S(=O)(=O)O)cc(S(=O)(=O)O)cc3c21. The van der Waals surface area contributed by atoms with Crippen LogP contribution in [0.4, 0.5) is 11.4 Å². The van der Waals surface area contributed by atoms with Crippen LogP contribution in [0.1, 0.15) is 76.3 Å². The van der Waals surface area contributed by atoms with E-state index in [1.165, 1.54) is 25.3 Å². The summed E-state index contributed by atoms with van der Waals surface area (Å²) in [4.78, 5) is 11.5. The average Bonchev–Trinajstić information content (AvgIpc) is 3.65.